The number of methoxy groups -OCH3 is 1. The number of carbonyl (C=O) groups excluding carboxylic acids is 21. The molecule has 10 N–H and O–H groups in total. The maximum atomic E-state index is 15.3. The number of aromatic nitrogens is 1. The minimum absolute atomic E-state index is 0.0614. The summed E-state index contributed by atoms with van der Waals surface area (Å²) in [7, 11) is 1.02. The number of carbonyl (C=O) groups is 21. The van der Waals surface area contributed by atoms with Crippen LogP contribution in [0.5, 0.6) is 5.75 Å². The van der Waals surface area contributed by atoms with Crippen molar-refractivity contribution in [2.45, 2.75) is 247 Å². The van der Waals surface area contributed by atoms with Crippen molar-refractivity contribution in [3.63, 3.8) is 0 Å². The van der Waals surface area contributed by atoms with E-state index in [1.165, 1.54) is 39.8 Å². The van der Waals surface area contributed by atoms with Gasteiger partial charge in [0.15, 0.2) is 40.4 Å². The van der Waals surface area contributed by atoms with Crippen molar-refractivity contribution in [2.24, 2.45) is 29.6 Å². The first-order valence-corrected chi connectivity index (χ1v) is 44.2. The van der Waals surface area contributed by atoms with Crippen LogP contribution in [-0.2, 0) is 121 Å². The lowest BCUT2D eigenvalue weighted by Crippen LogP contribution is -2.62. The van der Waals surface area contributed by atoms with Crippen LogP contribution in [0.1, 0.15) is 170 Å². The predicted molar refractivity (Wildman–Crippen MR) is 437 cm³/mol. The molecular weight excluding hydrogens is 1650 g/mol. The second-order valence-corrected chi connectivity index (χ2v) is 35.8. The van der Waals surface area contributed by atoms with Gasteiger partial charge in [-0.1, -0.05) is 54.4 Å². The van der Waals surface area contributed by atoms with Crippen molar-refractivity contribution in [3.8, 4) is 5.75 Å². The molecule has 0 saturated carbocycles. The zero-order valence-electron chi connectivity index (χ0n) is 69.6. The molecule has 7 aliphatic rings. The summed E-state index contributed by atoms with van der Waals surface area (Å²) in [6.07, 6.45) is -7.54. The van der Waals surface area contributed by atoms with Gasteiger partial charge in [0, 0.05) is 131 Å². The number of benzene rings is 1. The fourth-order valence-electron chi connectivity index (χ4n) is 15.3. The molecule has 1 aromatic heterocycles. The lowest BCUT2D eigenvalue weighted by molar-refractivity contribution is -0.157. The second-order valence-electron chi connectivity index (χ2n) is 32.0. The summed E-state index contributed by atoms with van der Waals surface area (Å²) >= 11 is 2.99. The number of H-pyrrole nitrogens is 1. The molecule has 0 spiro atoms. The normalized spacial score (nSPS) is 29.8. The summed E-state index contributed by atoms with van der Waals surface area (Å²) in [4.78, 5) is 305. The van der Waals surface area contributed by atoms with Gasteiger partial charge < -0.3 is 76.5 Å². The van der Waals surface area contributed by atoms with E-state index in [0.717, 1.165) is 47.3 Å². The molecule has 1 aromatic carbocycles. The number of aliphatic hydroxyl groups excluding tert-OH is 1. The average Bonchev–Trinajstić information content (AvgIpc) is 1.60. The third-order valence-corrected chi connectivity index (χ3v) is 26.6. The molecule has 0 radical (unpaired) electrons. The van der Waals surface area contributed by atoms with Crippen LogP contribution >= 0.6 is 35.3 Å². The Kier molecular flexibility index (Phi) is 34.6. The quantitative estimate of drug-likeness (QED) is 0.106. The Bertz CT molecular complexity index is 4440. The number of anilines is 1. The minimum atomic E-state index is -1.90. The van der Waals surface area contributed by atoms with E-state index in [2.05, 4.69) is 47.5 Å². The number of nitrogens with zero attached hydrogens (tertiary/aromatic N) is 3. The summed E-state index contributed by atoms with van der Waals surface area (Å²) in [5.41, 5.74) is -0.0742. The lowest BCUT2D eigenvalue weighted by Gasteiger charge is -2.36. The van der Waals surface area contributed by atoms with Crippen LogP contribution in [0.2, 0.25) is 0 Å². The van der Waals surface area contributed by atoms with E-state index in [1.54, 1.807) is 27.7 Å². The number of Topliss-reactive ketones (excluding diaryl/α,β-unsaturated/α-hetero) is 6. The Hall–Kier alpha value is -9.84. The van der Waals surface area contributed by atoms with E-state index in [1.807, 2.05) is 0 Å². The van der Waals surface area contributed by atoms with Crippen molar-refractivity contribution in [1.29, 1.82) is 0 Å². The van der Waals surface area contributed by atoms with Gasteiger partial charge in [0.2, 0.25) is 76.8 Å². The van der Waals surface area contributed by atoms with Crippen molar-refractivity contribution in [2.75, 3.05) is 62.8 Å². The molecule has 122 heavy (non-hydrogen) atoms. The number of aromatic amines is 1. The highest BCUT2D eigenvalue weighted by molar-refractivity contribution is 8.17. The lowest BCUT2D eigenvalue weighted by atomic mass is 9.86. The van der Waals surface area contributed by atoms with E-state index in [0.29, 0.717) is 16.2 Å². The highest BCUT2D eigenvalue weighted by Gasteiger charge is 2.56. The maximum Gasteiger partial charge on any atom is 0.314 e. The fourth-order valence-corrected chi connectivity index (χ4v) is 19.1. The summed E-state index contributed by atoms with van der Waals surface area (Å²) in [6.45, 7) is 10.1. The first-order valence-electron chi connectivity index (χ1n) is 41.1. The highest BCUT2D eigenvalue weighted by Crippen LogP contribution is 2.42. The molecule has 13 amide bonds. The Balaban J connectivity index is 1.07. The Morgan fingerprint density at radius 3 is 1.69 bits per heavy atom. The SMILES string of the molecule is CC[C@H](C)[C@@H]1NC(=O)CNC(=O)[C@H]2CC(=O)[C@H]([C@@H](C)CC)NC(=O)[C@@H]3C[C@H](O)CN3C(=O)[C@H](CC(=O)OC)NC(=O)[C@H](CSc3[nH]c4cc5c(cc4c3C2)NC(=O)C(C)CC(=O)C(C)NC(=O)CCOCCCC(=O)C2C(C(=O)CCCOCCC(=O)NC(C)C(=O)CC(C)C(=O)O5)N3C(=O)CC(SCSC4CC(=O)N2C4=O)C3=O)NC(=O)CCC1=O. The van der Waals surface area contributed by atoms with Gasteiger partial charge in [0.25, 0.3) is 0 Å². The molecule has 38 nitrogen and oxygen atoms in total. The van der Waals surface area contributed by atoms with Crippen molar-refractivity contribution in [3.05, 3.63) is 17.7 Å². The maximum absolute atomic E-state index is 15.3. The zero-order valence-corrected chi connectivity index (χ0v) is 72.0. The standard InChI is InChI=1S/C81H108N12O26S3/c1-10-38(3)69-53(95)16-17-62(101)85-51-36-120-77-47(26-44(74(109)82-34-65(104)89-69)27-58(100)70(39(4)11-2)90-76(111)52-28-45(94)35-91(52)78(112)50(87-75(51)110)31-68(107)116-9)46-29-49-59(30-48(46)88-77)119-81(115)41(6)25-57(99)43(8)84-64(103)19-23-118-21-13-15-55(97)72-71(92-66(105)32-60(79(92)113)121-37-122-61-33-67(106)93(72)80(61)114)54(96)14-12-20-117-22-18-63(102)83-42(7)56(98)24-40(5)73(108)86-49/h29-30,38-45,50-52,60-61,69-72,88,94H,10-28,31-37H2,1-9H3,(H,82,109)(H,83,102)(H,84,103)(H,85,101)(H,86,108)(H,87,110)(H,89,104)(H,90,111)/t38-,39-,40?,41?,42?,43?,44+,45-,50-,51-,52-,60?,61?,69-,70-,71?,72?/m0/s1. The smallest absolute Gasteiger partial charge is 0.314 e. The molecule has 8 unspecified atom stereocenters. The van der Waals surface area contributed by atoms with Crippen LogP contribution < -0.4 is 47.3 Å². The second kappa shape index (κ2) is 44.0. The highest BCUT2D eigenvalue weighted by atomic mass is 32.2. The number of nitrogens with one attached hydrogen (secondary N) is 9. The van der Waals surface area contributed by atoms with E-state index in [9.17, 15) is 91.4 Å². The predicted octanol–water partition coefficient (Wildman–Crippen LogP) is 0.426. The van der Waals surface area contributed by atoms with Gasteiger partial charge in [-0.2, -0.15) is 0 Å². The first kappa shape index (κ1) is 96.0. The van der Waals surface area contributed by atoms with E-state index < -0.39 is 306 Å². The number of thioether (sulfide) groups is 3. The molecule has 8 heterocycles. The Morgan fingerprint density at radius 1 is 0.566 bits per heavy atom. The molecule has 9 rings (SSSR count). The number of ether oxygens (including phenoxy) is 4. The average molecular weight is 1760 g/mol. The Morgan fingerprint density at radius 2 is 1.12 bits per heavy atom. The molecule has 41 heteroatoms. The van der Waals surface area contributed by atoms with Crippen molar-refractivity contribution >= 4 is 175 Å². The number of hydrogen-bond acceptors (Lipinski definition) is 29. The van der Waals surface area contributed by atoms with Crippen LogP contribution in [0.25, 0.3) is 10.9 Å². The molecule has 2 aromatic rings. The van der Waals surface area contributed by atoms with Gasteiger partial charge in [-0.15, -0.1) is 35.3 Å². The molecule has 4 fully saturated rings. The van der Waals surface area contributed by atoms with Crippen LogP contribution in [0, 0.1) is 29.6 Å². The largest absolute Gasteiger partial charge is 0.469 e. The summed E-state index contributed by atoms with van der Waals surface area (Å²) in [5, 5.41) is 30.6. The number of rotatable bonds is 6. The summed E-state index contributed by atoms with van der Waals surface area (Å²) in [5.74, 6) is -23.5. The topological polar surface area (TPSA) is 537 Å². The van der Waals surface area contributed by atoms with Crippen LogP contribution in [0.3, 0.4) is 0 Å². The molecular formula is C81H108N12O26S3. The van der Waals surface area contributed by atoms with Gasteiger partial charge >= 0.3 is 11.9 Å². The fraction of sp³-hybridized carbons (Fsp3) is 0.642. The molecule has 6 bridgehead atoms. The first-order chi connectivity index (χ1) is 57.9. The van der Waals surface area contributed by atoms with E-state index >= 15 is 14.4 Å². The Labute approximate surface area is 716 Å². The number of fused-ring (bicyclic) bond motifs is 13. The van der Waals surface area contributed by atoms with Gasteiger partial charge in [-0.3, -0.25) is 110 Å². The zero-order chi connectivity index (χ0) is 89.2. The number of esters is 2. The number of amides is 13. The van der Waals surface area contributed by atoms with Gasteiger partial charge in [0.05, 0.1) is 96.2 Å². The van der Waals surface area contributed by atoms with E-state index in [4.69, 9.17) is 18.9 Å². The van der Waals surface area contributed by atoms with E-state index in [-0.39, 0.29) is 110 Å². The summed E-state index contributed by atoms with van der Waals surface area (Å²) in [6, 6.07) is -11.3. The van der Waals surface area contributed by atoms with Crippen molar-refractivity contribution in [1.82, 2.24) is 56.9 Å². The van der Waals surface area contributed by atoms with Crippen LogP contribution in [-0.4, -0.2) is 277 Å². The number of hydrogen-bond donors (Lipinski definition) is 10. The monoisotopic (exact) mass is 1760 g/mol. The van der Waals surface area contributed by atoms with Crippen LogP contribution in [0.15, 0.2) is 17.2 Å². The van der Waals surface area contributed by atoms with Crippen molar-refractivity contribution < 1.29 is 125 Å². The van der Waals surface area contributed by atoms with Crippen LogP contribution in [0.4, 0.5) is 5.69 Å². The summed E-state index contributed by atoms with van der Waals surface area (Å²) < 4.78 is 22.4. The molecule has 0 aliphatic carbocycles. The molecule has 666 valence electrons. The third kappa shape index (κ3) is 24.6. The molecule has 17 atom stereocenters. The number of aliphatic hydroxyl groups is 1. The van der Waals surface area contributed by atoms with Gasteiger partial charge in [0.1, 0.15) is 30.2 Å². The third-order valence-electron chi connectivity index (χ3n) is 22.9. The molecule has 4 saturated heterocycles. The number of imide groups is 2. The van der Waals surface area contributed by atoms with Gasteiger partial charge in [-0.05, 0) is 56.6 Å². The minimum Gasteiger partial charge on any atom is -0.469 e. The molecule has 7 aliphatic heterocycles. The van der Waals surface area contributed by atoms with Gasteiger partial charge in [-0.25, -0.2) is 0 Å². The number of ketones is 6.